The Kier molecular flexibility index (Phi) is 3.27. The maximum atomic E-state index is 9.42. The Labute approximate surface area is 128 Å². The first-order chi connectivity index (χ1) is 10.8. The van der Waals surface area contributed by atoms with Gasteiger partial charge in [0, 0.05) is 19.2 Å². The number of hydrogen-bond acceptors (Lipinski definition) is 4. The number of benzene rings is 1. The fourth-order valence-electron chi connectivity index (χ4n) is 3.01. The monoisotopic (exact) mass is 295 g/mol. The summed E-state index contributed by atoms with van der Waals surface area (Å²) in [6.07, 6.45) is 3.51. The van der Waals surface area contributed by atoms with Gasteiger partial charge in [-0.3, -0.25) is 0 Å². The third-order valence-corrected chi connectivity index (χ3v) is 4.09. The number of rotatable bonds is 3. The van der Waals surface area contributed by atoms with Crippen molar-refractivity contribution in [3.05, 3.63) is 54.0 Å². The van der Waals surface area contributed by atoms with Crippen molar-refractivity contribution in [2.45, 2.75) is 18.9 Å². The minimum atomic E-state index is 0.281. The van der Waals surface area contributed by atoms with Crippen molar-refractivity contribution in [3.8, 4) is 5.75 Å². The number of hydrogen-bond donors (Lipinski definition) is 1. The van der Waals surface area contributed by atoms with Crippen LogP contribution in [0.2, 0.25) is 0 Å². The van der Waals surface area contributed by atoms with Crippen LogP contribution in [0.1, 0.15) is 23.9 Å². The fraction of sp³-hybridized carbons (Fsp3) is 0.294. The zero-order valence-electron chi connectivity index (χ0n) is 12.1. The minimum Gasteiger partial charge on any atom is -0.508 e. The highest BCUT2D eigenvalue weighted by atomic mass is 16.5. The number of imidazole rings is 1. The van der Waals surface area contributed by atoms with E-state index in [1.54, 1.807) is 18.3 Å². The molecule has 1 aliphatic rings. The molecule has 1 aliphatic heterocycles. The first-order valence-corrected chi connectivity index (χ1v) is 7.49. The highest BCUT2D eigenvalue weighted by Gasteiger charge is 2.23. The molecule has 112 valence electrons. The second kappa shape index (κ2) is 5.42. The Morgan fingerprint density at radius 1 is 1.23 bits per heavy atom. The molecule has 0 aliphatic carbocycles. The number of fused-ring (bicyclic) bond motifs is 1. The molecule has 0 bridgehead atoms. The van der Waals surface area contributed by atoms with E-state index in [2.05, 4.69) is 9.55 Å². The van der Waals surface area contributed by atoms with E-state index >= 15 is 0 Å². The predicted octanol–water partition coefficient (Wildman–Crippen LogP) is 2.69. The van der Waals surface area contributed by atoms with Crippen molar-refractivity contribution in [2.75, 3.05) is 13.2 Å². The normalized spacial score (nSPS) is 18.1. The van der Waals surface area contributed by atoms with Gasteiger partial charge in [-0.2, -0.15) is 0 Å². The van der Waals surface area contributed by atoms with Gasteiger partial charge in [-0.05, 0) is 36.2 Å². The van der Waals surface area contributed by atoms with Gasteiger partial charge in [-0.15, -0.1) is 0 Å². The molecule has 2 aromatic heterocycles. The van der Waals surface area contributed by atoms with Gasteiger partial charge in [0.25, 0.3) is 0 Å². The Hall–Kier alpha value is -2.40. The van der Waals surface area contributed by atoms with E-state index in [9.17, 15) is 5.11 Å². The number of aromatic nitrogens is 3. The number of nitrogens with zero attached hydrogens (tertiary/aromatic N) is 3. The van der Waals surface area contributed by atoms with Gasteiger partial charge in [0.1, 0.15) is 17.1 Å². The Balaban J connectivity index is 1.78. The predicted molar refractivity (Wildman–Crippen MR) is 82.9 cm³/mol. The van der Waals surface area contributed by atoms with Gasteiger partial charge in [0.15, 0.2) is 5.65 Å². The Morgan fingerprint density at radius 3 is 2.86 bits per heavy atom. The van der Waals surface area contributed by atoms with E-state index in [1.807, 2.05) is 24.3 Å². The van der Waals surface area contributed by atoms with Crippen molar-refractivity contribution in [2.24, 2.45) is 0 Å². The molecule has 5 heteroatoms. The van der Waals surface area contributed by atoms with Crippen LogP contribution in [0.5, 0.6) is 5.75 Å². The van der Waals surface area contributed by atoms with Gasteiger partial charge < -0.3 is 14.4 Å². The van der Waals surface area contributed by atoms with Crippen LogP contribution < -0.4 is 0 Å². The third-order valence-electron chi connectivity index (χ3n) is 4.09. The molecule has 3 aromatic rings. The molecule has 1 atom stereocenters. The maximum absolute atomic E-state index is 9.42. The van der Waals surface area contributed by atoms with Gasteiger partial charge in [-0.25, -0.2) is 9.97 Å². The highest BCUT2D eigenvalue weighted by molar-refractivity contribution is 5.71. The number of aromatic hydroxyl groups is 1. The SMILES string of the molecule is Oc1ccc(Cc2nc3cccnc3n2C2CCOC2)cc1. The van der Waals surface area contributed by atoms with Crippen LogP contribution in [0.3, 0.4) is 0 Å². The summed E-state index contributed by atoms with van der Waals surface area (Å²) in [5.41, 5.74) is 2.96. The summed E-state index contributed by atoms with van der Waals surface area (Å²) in [7, 11) is 0. The first-order valence-electron chi connectivity index (χ1n) is 7.49. The lowest BCUT2D eigenvalue weighted by Gasteiger charge is -2.14. The second-order valence-electron chi connectivity index (χ2n) is 5.60. The Bertz CT molecular complexity index is 789. The van der Waals surface area contributed by atoms with E-state index in [-0.39, 0.29) is 5.75 Å². The second-order valence-corrected chi connectivity index (χ2v) is 5.60. The molecular weight excluding hydrogens is 278 g/mol. The molecule has 1 aromatic carbocycles. The lowest BCUT2D eigenvalue weighted by atomic mass is 10.1. The van der Waals surface area contributed by atoms with Crippen LogP contribution in [0.15, 0.2) is 42.6 Å². The molecule has 1 saturated heterocycles. The smallest absolute Gasteiger partial charge is 0.160 e. The van der Waals surface area contributed by atoms with Crippen LogP contribution in [0, 0.1) is 0 Å². The standard InChI is InChI=1S/C17H17N3O2/c21-14-5-3-12(4-6-14)10-16-19-15-2-1-8-18-17(15)20(16)13-7-9-22-11-13/h1-6,8,13,21H,7,9-11H2. The summed E-state index contributed by atoms with van der Waals surface area (Å²) >= 11 is 0. The summed E-state index contributed by atoms with van der Waals surface area (Å²) in [6, 6.07) is 11.5. The molecule has 0 radical (unpaired) electrons. The summed E-state index contributed by atoms with van der Waals surface area (Å²) < 4.78 is 7.76. The van der Waals surface area contributed by atoms with Crippen molar-refractivity contribution in [1.29, 1.82) is 0 Å². The van der Waals surface area contributed by atoms with Crippen LogP contribution in [0.25, 0.3) is 11.2 Å². The van der Waals surface area contributed by atoms with Gasteiger partial charge >= 0.3 is 0 Å². The molecule has 1 N–H and O–H groups in total. The topological polar surface area (TPSA) is 60.2 Å². The van der Waals surface area contributed by atoms with E-state index < -0.39 is 0 Å². The first kappa shape index (κ1) is 13.3. The number of phenols is 1. The van der Waals surface area contributed by atoms with Crippen LogP contribution in [-0.4, -0.2) is 32.9 Å². The maximum Gasteiger partial charge on any atom is 0.160 e. The molecule has 5 nitrogen and oxygen atoms in total. The van der Waals surface area contributed by atoms with Gasteiger partial charge in [0.05, 0.1) is 12.6 Å². The van der Waals surface area contributed by atoms with Gasteiger partial charge in [-0.1, -0.05) is 12.1 Å². The number of ether oxygens (including phenoxy) is 1. The van der Waals surface area contributed by atoms with E-state index in [4.69, 9.17) is 9.72 Å². The summed E-state index contributed by atoms with van der Waals surface area (Å²) in [6.45, 7) is 1.50. The van der Waals surface area contributed by atoms with Crippen LogP contribution >= 0.6 is 0 Å². The van der Waals surface area contributed by atoms with Crippen molar-refractivity contribution in [3.63, 3.8) is 0 Å². The van der Waals surface area contributed by atoms with Crippen molar-refractivity contribution in [1.82, 2.24) is 14.5 Å². The Morgan fingerprint density at radius 2 is 2.09 bits per heavy atom. The average Bonchev–Trinajstić information content (AvgIpc) is 3.16. The molecule has 4 rings (SSSR count). The van der Waals surface area contributed by atoms with Gasteiger partial charge in [0.2, 0.25) is 0 Å². The molecular formula is C17H17N3O2. The fourth-order valence-corrected chi connectivity index (χ4v) is 3.01. The number of phenolic OH excluding ortho intramolecular Hbond substituents is 1. The quantitative estimate of drug-likeness (QED) is 0.807. The molecule has 1 fully saturated rings. The lowest BCUT2D eigenvalue weighted by molar-refractivity contribution is 0.186. The summed E-state index contributed by atoms with van der Waals surface area (Å²) in [4.78, 5) is 9.26. The zero-order valence-corrected chi connectivity index (χ0v) is 12.1. The van der Waals surface area contributed by atoms with E-state index in [0.29, 0.717) is 19.1 Å². The van der Waals surface area contributed by atoms with Crippen LogP contribution in [0.4, 0.5) is 0 Å². The molecule has 0 spiro atoms. The lowest BCUT2D eigenvalue weighted by Crippen LogP contribution is -2.13. The number of pyridine rings is 1. The molecule has 0 saturated carbocycles. The third kappa shape index (κ3) is 2.33. The molecule has 22 heavy (non-hydrogen) atoms. The molecule has 3 heterocycles. The van der Waals surface area contributed by atoms with Crippen molar-refractivity contribution < 1.29 is 9.84 Å². The molecule has 0 amide bonds. The molecule has 1 unspecified atom stereocenters. The average molecular weight is 295 g/mol. The van der Waals surface area contributed by atoms with Crippen molar-refractivity contribution >= 4 is 11.2 Å². The van der Waals surface area contributed by atoms with Crippen LogP contribution in [-0.2, 0) is 11.2 Å². The summed E-state index contributed by atoms with van der Waals surface area (Å²) in [5.74, 6) is 1.28. The largest absolute Gasteiger partial charge is 0.508 e. The van der Waals surface area contributed by atoms with E-state index in [1.165, 1.54) is 0 Å². The van der Waals surface area contributed by atoms with E-state index in [0.717, 1.165) is 35.6 Å². The minimum absolute atomic E-state index is 0.281. The zero-order chi connectivity index (χ0) is 14.9. The summed E-state index contributed by atoms with van der Waals surface area (Å²) in [5, 5.41) is 9.42. The highest BCUT2D eigenvalue weighted by Crippen LogP contribution is 2.27.